The number of esters is 1. The minimum atomic E-state index is -0.926. The Bertz CT molecular complexity index is 1070. The van der Waals surface area contributed by atoms with Crippen molar-refractivity contribution in [2.45, 2.75) is 18.6 Å². The average molecular weight is 424 g/mol. The third kappa shape index (κ3) is 3.45. The zero-order valence-electron chi connectivity index (χ0n) is 17.1. The van der Waals surface area contributed by atoms with E-state index in [1.165, 1.54) is 26.3 Å². The number of imide groups is 1. The summed E-state index contributed by atoms with van der Waals surface area (Å²) in [6.45, 7) is 0.119. The van der Waals surface area contributed by atoms with Gasteiger partial charge in [-0.15, -0.1) is 0 Å². The molecule has 0 aliphatic carbocycles. The number of hydrogen-bond acceptors (Lipinski definition) is 9. The Hall–Kier alpha value is -3.95. The molecule has 31 heavy (non-hydrogen) atoms. The van der Waals surface area contributed by atoms with Gasteiger partial charge in [0.05, 0.1) is 39.1 Å². The zero-order chi connectivity index (χ0) is 22.1. The van der Waals surface area contributed by atoms with E-state index < -0.39 is 29.9 Å². The van der Waals surface area contributed by atoms with Crippen LogP contribution in [0.5, 0.6) is 11.5 Å². The van der Waals surface area contributed by atoms with Crippen LogP contribution in [-0.4, -0.2) is 56.2 Å². The Morgan fingerprint density at radius 3 is 2.39 bits per heavy atom. The summed E-state index contributed by atoms with van der Waals surface area (Å²) in [6.07, 6.45) is 0. The molecule has 2 aromatic carbocycles. The summed E-state index contributed by atoms with van der Waals surface area (Å²) in [5, 5.41) is 9.51. The van der Waals surface area contributed by atoms with Crippen LogP contribution < -0.4 is 14.4 Å². The number of nitrogens with zero attached hydrogens (tertiary/aromatic N) is 4. The normalized spacial score (nSPS) is 19.6. The maximum absolute atomic E-state index is 13.1. The smallest absolute Gasteiger partial charge is 0.337 e. The van der Waals surface area contributed by atoms with E-state index in [0.29, 0.717) is 28.3 Å². The molecule has 0 spiro atoms. The molecule has 0 saturated carbocycles. The molecule has 4 rings (SSSR count). The molecule has 0 unspecified atom stereocenters. The minimum Gasteiger partial charge on any atom is -0.497 e. The van der Waals surface area contributed by atoms with Gasteiger partial charge in [-0.05, 0) is 42.5 Å². The van der Waals surface area contributed by atoms with Gasteiger partial charge in [0, 0.05) is 5.56 Å². The molecule has 10 nitrogen and oxygen atoms in total. The van der Waals surface area contributed by atoms with E-state index in [1.807, 2.05) is 0 Å². The molecule has 2 aromatic rings. The number of carbonyl (C=O) groups is 3. The molecule has 0 radical (unpaired) electrons. The first-order chi connectivity index (χ1) is 15.0. The third-order valence-corrected chi connectivity index (χ3v) is 5.22. The van der Waals surface area contributed by atoms with Crippen molar-refractivity contribution in [2.75, 3.05) is 26.2 Å². The van der Waals surface area contributed by atoms with Gasteiger partial charge in [0.15, 0.2) is 12.1 Å². The first-order valence-electron chi connectivity index (χ1n) is 9.43. The number of methoxy groups -OCH3 is 3. The highest BCUT2D eigenvalue weighted by Gasteiger charge is 2.54. The molecule has 0 aromatic heterocycles. The lowest BCUT2D eigenvalue weighted by molar-refractivity contribution is -0.123. The lowest BCUT2D eigenvalue weighted by Gasteiger charge is -2.22. The molecule has 2 aliphatic rings. The van der Waals surface area contributed by atoms with E-state index in [0.717, 1.165) is 4.90 Å². The van der Waals surface area contributed by atoms with Crippen LogP contribution in [0.2, 0.25) is 0 Å². The van der Waals surface area contributed by atoms with Crippen molar-refractivity contribution in [2.24, 2.45) is 10.3 Å². The molecule has 2 heterocycles. The van der Waals surface area contributed by atoms with Crippen molar-refractivity contribution in [3.05, 3.63) is 53.6 Å². The van der Waals surface area contributed by atoms with Gasteiger partial charge in [-0.1, -0.05) is 5.22 Å². The number of fused-ring (bicyclic) bond motifs is 1. The molecular weight excluding hydrogens is 404 g/mol. The van der Waals surface area contributed by atoms with Crippen LogP contribution in [-0.2, 0) is 20.9 Å². The van der Waals surface area contributed by atoms with E-state index >= 15 is 0 Å². The van der Waals surface area contributed by atoms with Crippen LogP contribution in [0.25, 0.3) is 0 Å². The van der Waals surface area contributed by atoms with Gasteiger partial charge in [0.1, 0.15) is 11.5 Å². The highest BCUT2D eigenvalue weighted by molar-refractivity contribution is 6.25. The van der Waals surface area contributed by atoms with Gasteiger partial charge in [0.2, 0.25) is 0 Å². The maximum Gasteiger partial charge on any atom is 0.337 e. The number of benzene rings is 2. The van der Waals surface area contributed by atoms with E-state index in [2.05, 4.69) is 10.3 Å². The quantitative estimate of drug-likeness (QED) is 0.515. The Balaban J connectivity index is 1.60. The predicted molar refractivity (Wildman–Crippen MR) is 108 cm³/mol. The van der Waals surface area contributed by atoms with E-state index in [-0.39, 0.29) is 6.54 Å². The third-order valence-electron chi connectivity index (χ3n) is 5.22. The molecular formula is C21H20N4O6. The van der Waals surface area contributed by atoms with Gasteiger partial charge in [0.25, 0.3) is 11.8 Å². The Labute approximate surface area is 178 Å². The second-order valence-electron chi connectivity index (χ2n) is 6.92. The monoisotopic (exact) mass is 424 g/mol. The number of amides is 2. The number of carbonyl (C=O) groups excluding carboxylic acids is 3. The summed E-state index contributed by atoms with van der Waals surface area (Å²) in [6, 6.07) is 9.65. The van der Waals surface area contributed by atoms with Crippen molar-refractivity contribution >= 4 is 23.5 Å². The number of rotatable bonds is 6. The van der Waals surface area contributed by atoms with Crippen molar-refractivity contribution in [1.29, 1.82) is 0 Å². The first-order valence-corrected chi connectivity index (χ1v) is 9.43. The van der Waals surface area contributed by atoms with Gasteiger partial charge in [-0.2, -0.15) is 5.11 Å². The van der Waals surface area contributed by atoms with Gasteiger partial charge < -0.3 is 14.2 Å². The minimum absolute atomic E-state index is 0.119. The second-order valence-corrected chi connectivity index (χ2v) is 6.92. The molecule has 0 bridgehead atoms. The lowest BCUT2D eigenvalue weighted by atomic mass is 10.1. The largest absolute Gasteiger partial charge is 0.497 e. The van der Waals surface area contributed by atoms with Gasteiger partial charge in [-0.25, -0.2) is 9.69 Å². The fourth-order valence-corrected chi connectivity index (χ4v) is 3.66. The van der Waals surface area contributed by atoms with Crippen molar-refractivity contribution in [3.63, 3.8) is 0 Å². The van der Waals surface area contributed by atoms with Crippen LogP contribution in [0.1, 0.15) is 15.9 Å². The van der Waals surface area contributed by atoms with Crippen molar-refractivity contribution in [3.8, 4) is 11.5 Å². The van der Waals surface area contributed by atoms with Crippen LogP contribution in [0, 0.1) is 0 Å². The first kappa shape index (κ1) is 20.3. The van der Waals surface area contributed by atoms with Crippen LogP contribution in [0.15, 0.2) is 52.8 Å². The Kier molecular flexibility index (Phi) is 5.28. The summed E-state index contributed by atoms with van der Waals surface area (Å²) in [7, 11) is 4.33. The van der Waals surface area contributed by atoms with Gasteiger partial charge in [-0.3, -0.25) is 14.6 Å². The molecule has 0 N–H and O–H groups in total. The molecule has 1 fully saturated rings. The highest BCUT2D eigenvalue weighted by atomic mass is 16.5. The average Bonchev–Trinajstić information content (AvgIpc) is 3.32. The standard InChI is InChI=1S/C21H20N4O6/c1-29-15-7-5-14(6-8-15)25-19(26)17-18(20(25)27)24(23-22-17)11-13-10-12(21(28)31-3)4-9-16(13)30-2/h4-10,17-18H,11H2,1-3H3/t17-,18+/m0/s1. The SMILES string of the molecule is COC(=O)c1ccc(OC)c(CN2N=N[C@@H]3C(=O)N(c4ccc(OC)cc4)C(=O)[C@@H]32)c1. The zero-order valence-corrected chi connectivity index (χ0v) is 17.1. The van der Waals surface area contributed by atoms with Gasteiger partial charge >= 0.3 is 5.97 Å². The van der Waals surface area contributed by atoms with Crippen molar-refractivity contribution in [1.82, 2.24) is 5.01 Å². The highest BCUT2D eigenvalue weighted by Crippen LogP contribution is 2.34. The molecule has 160 valence electrons. The molecule has 2 aliphatic heterocycles. The Morgan fingerprint density at radius 2 is 1.74 bits per heavy atom. The molecule has 1 saturated heterocycles. The maximum atomic E-state index is 13.1. The Morgan fingerprint density at radius 1 is 1.00 bits per heavy atom. The molecule has 2 atom stereocenters. The lowest BCUT2D eigenvalue weighted by Crippen LogP contribution is -2.39. The van der Waals surface area contributed by atoms with Crippen molar-refractivity contribution < 1.29 is 28.6 Å². The fraction of sp³-hybridized carbons (Fsp3) is 0.286. The molecule has 10 heteroatoms. The van der Waals surface area contributed by atoms with Crippen LogP contribution in [0.4, 0.5) is 5.69 Å². The molecule has 2 amide bonds. The van der Waals surface area contributed by atoms with E-state index in [4.69, 9.17) is 14.2 Å². The van der Waals surface area contributed by atoms with E-state index in [1.54, 1.807) is 42.5 Å². The summed E-state index contributed by atoms with van der Waals surface area (Å²) in [5.74, 6) is -0.241. The predicted octanol–water partition coefficient (Wildman–Crippen LogP) is 1.98. The number of ether oxygens (including phenoxy) is 3. The summed E-state index contributed by atoms with van der Waals surface area (Å²) >= 11 is 0. The fourth-order valence-electron chi connectivity index (χ4n) is 3.66. The van der Waals surface area contributed by atoms with Crippen LogP contribution in [0.3, 0.4) is 0 Å². The number of anilines is 1. The van der Waals surface area contributed by atoms with Crippen LogP contribution >= 0.6 is 0 Å². The summed E-state index contributed by atoms with van der Waals surface area (Å²) < 4.78 is 15.3. The van der Waals surface area contributed by atoms with E-state index in [9.17, 15) is 14.4 Å². The second kappa shape index (κ2) is 8.05. The topological polar surface area (TPSA) is 110 Å². The number of hydrogen-bond donors (Lipinski definition) is 0. The summed E-state index contributed by atoms with van der Waals surface area (Å²) in [4.78, 5) is 39.0. The summed E-state index contributed by atoms with van der Waals surface area (Å²) in [5.41, 5.74) is 1.37.